The van der Waals surface area contributed by atoms with Crippen molar-refractivity contribution in [3.8, 4) is 0 Å². The summed E-state index contributed by atoms with van der Waals surface area (Å²) >= 11 is 0. The van der Waals surface area contributed by atoms with E-state index in [1.165, 1.54) is 18.7 Å². The third-order valence-corrected chi connectivity index (χ3v) is 3.00. The zero-order chi connectivity index (χ0) is 15.4. The predicted octanol–water partition coefficient (Wildman–Crippen LogP) is 0.653. The van der Waals surface area contributed by atoms with Crippen LogP contribution in [0.15, 0.2) is 18.5 Å². The maximum Gasteiger partial charge on any atom is 0.322 e. The Morgan fingerprint density at radius 1 is 1.52 bits per heavy atom. The number of carbonyl (C=O) groups is 1. The lowest BCUT2D eigenvalue weighted by Gasteiger charge is -2.05. The molecule has 0 aliphatic rings. The quantitative estimate of drug-likeness (QED) is 0.478. The molecular weight excluding hydrogens is 276 g/mol. The van der Waals surface area contributed by atoms with Crippen molar-refractivity contribution in [1.82, 2.24) is 24.9 Å². The fourth-order valence-electron chi connectivity index (χ4n) is 2.08. The summed E-state index contributed by atoms with van der Waals surface area (Å²) in [6.07, 6.45) is 4.19. The third-order valence-electron chi connectivity index (χ3n) is 3.00. The Bertz CT molecular complexity index is 646. The highest BCUT2D eigenvalue weighted by atomic mass is 16.6. The van der Waals surface area contributed by atoms with Gasteiger partial charge in [-0.2, -0.15) is 10.2 Å². The first-order chi connectivity index (χ1) is 10.0. The number of nitro groups is 1. The molecule has 0 fully saturated rings. The average molecular weight is 292 g/mol. The van der Waals surface area contributed by atoms with Crippen LogP contribution in [0.3, 0.4) is 0 Å². The normalized spacial score (nSPS) is 10.6. The zero-order valence-electron chi connectivity index (χ0n) is 11.8. The monoisotopic (exact) mass is 292 g/mol. The van der Waals surface area contributed by atoms with Crippen LogP contribution in [-0.4, -0.2) is 36.9 Å². The van der Waals surface area contributed by atoms with Crippen molar-refractivity contribution >= 4 is 11.6 Å². The molecule has 0 radical (unpaired) electrons. The minimum Gasteiger partial charge on any atom is -0.350 e. The van der Waals surface area contributed by atoms with Gasteiger partial charge in [0.1, 0.15) is 5.69 Å². The van der Waals surface area contributed by atoms with Gasteiger partial charge >= 0.3 is 5.69 Å². The van der Waals surface area contributed by atoms with Crippen molar-refractivity contribution in [2.75, 3.05) is 6.54 Å². The van der Waals surface area contributed by atoms with Gasteiger partial charge in [0.25, 0.3) is 5.91 Å². The van der Waals surface area contributed by atoms with E-state index in [0.717, 1.165) is 0 Å². The van der Waals surface area contributed by atoms with Crippen LogP contribution in [0.1, 0.15) is 22.6 Å². The smallest absolute Gasteiger partial charge is 0.322 e. The fourth-order valence-corrected chi connectivity index (χ4v) is 2.08. The number of aryl methyl sites for hydroxylation is 3. The second-order valence-corrected chi connectivity index (χ2v) is 4.54. The SMILES string of the molecule is Cc1nn(C)c(C(=O)NCCCn2cccn2)c1[N+](=O)[O-]. The molecule has 0 aliphatic heterocycles. The summed E-state index contributed by atoms with van der Waals surface area (Å²) in [4.78, 5) is 22.5. The van der Waals surface area contributed by atoms with Gasteiger partial charge in [-0.15, -0.1) is 0 Å². The summed E-state index contributed by atoms with van der Waals surface area (Å²) in [5, 5.41) is 21.6. The molecule has 0 aromatic carbocycles. The number of carbonyl (C=O) groups excluding carboxylic acids is 1. The van der Waals surface area contributed by atoms with Crippen LogP contribution >= 0.6 is 0 Å². The predicted molar refractivity (Wildman–Crippen MR) is 73.8 cm³/mol. The minimum atomic E-state index is -0.582. The van der Waals surface area contributed by atoms with Gasteiger partial charge in [-0.3, -0.25) is 24.3 Å². The Morgan fingerprint density at radius 3 is 2.90 bits per heavy atom. The van der Waals surface area contributed by atoms with Gasteiger partial charge in [0.05, 0.1) is 4.92 Å². The van der Waals surface area contributed by atoms with E-state index in [9.17, 15) is 14.9 Å². The molecule has 0 spiro atoms. The fraction of sp³-hybridized carbons (Fsp3) is 0.417. The topological polar surface area (TPSA) is 108 Å². The first kappa shape index (κ1) is 14.7. The Morgan fingerprint density at radius 2 is 2.29 bits per heavy atom. The average Bonchev–Trinajstić information content (AvgIpc) is 3.01. The molecule has 9 nitrogen and oxygen atoms in total. The number of nitrogens with one attached hydrogen (secondary N) is 1. The van der Waals surface area contributed by atoms with Crippen molar-refractivity contribution in [2.24, 2.45) is 7.05 Å². The second kappa shape index (κ2) is 6.16. The molecule has 0 bridgehead atoms. The molecule has 1 N–H and O–H groups in total. The van der Waals surface area contributed by atoms with E-state index in [2.05, 4.69) is 15.5 Å². The number of aromatic nitrogens is 4. The lowest BCUT2D eigenvalue weighted by atomic mass is 10.3. The molecule has 0 saturated heterocycles. The van der Waals surface area contributed by atoms with E-state index in [1.807, 2.05) is 12.3 Å². The third kappa shape index (κ3) is 3.25. The molecule has 2 aromatic rings. The summed E-state index contributed by atoms with van der Waals surface area (Å²) in [6, 6.07) is 1.82. The van der Waals surface area contributed by atoms with Gasteiger partial charge in [0.15, 0.2) is 0 Å². The van der Waals surface area contributed by atoms with Gasteiger partial charge in [0.2, 0.25) is 5.69 Å². The van der Waals surface area contributed by atoms with Gasteiger partial charge in [-0.1, -0.05) is 0 Å². The first-order valence-corrected chi connectivity index (χ1v) is 6.44. The number of nitrogens with zero attached hydrogens (tertiary/aromatic N) is 5. The van der Waals surface area contributed by atoms with E-state index in [1.54, 1.807) is 10.9 Å². The number of hydrogen-bond acceptors (Lipinski definition) is 5. The molecule has 2 aromatic heterocycles. The highest BCUT2D eigenvalue weighted by Gasteiger charge is 2.28. The van der Waals surface area contributed by atoms with Crippen molar-refractivity contribution in [2.45, 2.75) is 19.9 Å². The zero-order valence-corrected chi connectivity index (χ0v) is 11.8. The first-order valence-electron chi connectivity index (χ1n) is 6.44. The Hall–Kier alpha value is -2.71. The largest absolute Gasteiger partial charge is 0.350 e. The van der Waals surface area contributed by atoms with Crippen LogP contribution < -0.4 is 5.32 Å². The van der Waals surface area contributed by atoms with Gasteiger partial charge < -0.3 is 5.32 Å². The van der Waals surface area contributed by atoms with E-state index < -0.39 is 10.8 Å². The van der Waals surface area contributed by atoms with Crippen LogP contribution in [-0.2, 0) is 13.6 Å². The highest BCUT2D eigenvalue weighted by molar-refractivity contribution is 5.96. The standard InChI is InChI=1S/C12H16N6O3/c1-9-10(18(20)21)11(16(2)15-9)12(19)13-5-3-7-17-8-4-6-14-17/h4,6,8H,3,5,7H2,1-2H3,(H,13,19). The van der Waals surface area contributed by atoms with Gasteiger partial charge in [-0.05, 0) is 19.4 Å². The lowest BCUT2D eigenvalue weighted by Crippen LogP contribution is -2.28. The van der Waals surface area contributed by atoms with Crippen LogP contribution in [0.25, 0.3) is 0 Å². The molecule has 2 heterocycles. The Kier molecular flexibility index (Phi) is 4.31. The molecule has 0 unspecified atom stereocenters. The highest BCUT2D eigenvalue weighted by Crippen LogP contribution is 2.21. The molecule has 21 heavy (non-hydrogen) atoms. The molecule has 2 rings (SSSR count). The summed E-state index contributed by atoms with van der Waals surface area (Å²) < 4.78 is 2.99. The van der Waals surface area contributed by atoms with Crippen molar-refractivity contribution in [3.63, 3.8) is 0 Å². The molecule has 112 valence electrons. The molecule has 0 aliphatic carbocycles. The van der Waals surface area contributed by atoms with Crippen LogP contribution in [0.5, 0.6) is 0 Å². The van der Waals surface area contributed by atoms with E-state index in [-0.39, 0.29) is 17.1 Å². The van der Waals surface area contributed by atoms with Gasteiger partial charge in [0, 0.05) is 32.5 Å². The number of rotatable bonds is 6. The van der Waals surface area contributed by atoms with E-state index in [0.29, 0.717) is 19.5 Å². The Balaban J connectivity index is 1.96. The molecule has 0 atom stereocenters. The number of hydrogen-bond donors (Lipinski definition) is 1. The van der Waals surface area contributed by atoms with Crippen LogP contribution in [0, 0.1) is 17.0 Å². The molecular formula is C12H16N6O3. The second-order valence-electron chi connectivity index (χ2n) is 4.54. The van der Waals surface area contributed by atoms with Crippen molar-refractivity contribution < 1.29 is 9.72 Å². The lowest BCUT2D eigenvalue weighted by molar-refractivity contribution is -0.385. The number of amides is 1. The minimum absolute atomic E-state index is 0.0309. The van der Waals surface area contributed by atoms with E-state index in [4.69, 9.17) is 0 Å². The van der Waals surface area contributed by atoms with Gasteiger partial charge in [-0.25, -0.2) is 0 Å². The van der Waals surface area contributed by atoms with Crippen molar-refractivity contribution in [1.29, 1.82) is 0 Å². The van der Waals surface area contributed by atoms with E-state index >= 15 is 0 Å². The molecule has 0 saturated carbocycles. The van der Waals surface area contributed by atoms with Crippen molar-refractivity contribution in [3.05, 3.63) is 40.0 Å². The molecule has 9 heteroatoms. The molecule has 1 amide bonds. The summed E-state index contributed by atoms with van der Waals surface area (Å²) in [5.74, 6) is -0.495. The maximum absolute atomic E-state index is 12.1. The maximum atomic E-state index is 12.1. The van der Waals surface area contributed by atoms with Crippen LogP contribution in [0.2, 0.25) is 0 Å². The Labute approximate surface area is 120 Å². The summed E-state index contributed by atoms with van der Waals surface area (Å²) in [6.45, 7) is 2.58. The van der Waals surface area contributed by atoms with Crippen LogP contribution in [0.4, 0.5) is 5.69 Å². The summed E-state index contributed by atoms with van der Waals surface area (Å²) in [5.41, 5.74) is -0.0529. The summed E-state index contributed by atoms with van der Waals surface area (Å²) in [7, 11) is 1.51.